The van der Waals surface area contributed by atoms with Crippen molar-refractivity contribution in [2.75, 3.05) is 0 Å². The topological polar surface area (TPSA) is 34.6 Å². The first kappa shape index (κ1) is 10.6. The molecule has 0 saturated carbocycles. The van der Waals surface area contributed by atoms with E-state index in [1.54, 1.807) is 22.6 Å². The van der Waals surface area contributed by atoms with E-state index in [0.29, 0.717) is 27.2 Å². The number of rotatable bonds is 0. The lowest BCUT2D eigenvalue weighted by Gasteiger charge is -1.98. The van der Waals surface area contributed by atoms with E-state index < -0.39 is 0 Å². The van der Waals surface area contributed by atoms with Crippen LogP contribution in [0.15, 0.2) is 57.7 Å². The van der Waals surface area contributed by atoms with Crippen LogP contribution in [0.3, 0.4) is 0 Å². The van der Waals surface area contributed by atoms with Crippen molar-refractivity contribution in [3.8, 4) is 0 Å². The molecule has 0 bridgehead atoms. The fraction of sp³-hybridized carbons (Fsp3) is 0. The van der Waals surface area contributed by atoms with E-state index in [1.807, 2.05) is 30.3 Å². The Bertz CT molecular complexity index is 997. The minimum atomic E-state index is -0.0888. The third kappa shape index (κ3) is 1.42. The largest absolute Gasteiger partial charge is 0.438 e. The number of aromatic nitrogens is 1. The highest BCUT2D eigenvalue weighted by atomic mass is 35.5. The Balaban J connectivity index is 2.35. The predicted molar refractivity (Wildman–Crippen MR) is 76.0 cm³/mol. The van der Waals surface area contributed by atoms with Crippen LogP contribution in [0.1, 0.15) is 0 Å². The minimum Gasteiger partial charge on any atom is -0.438 e. The number of fused-ring (bicyclic) bond motifs is 4. The number of oxazole rings is 1. The van der Waals surface area contributed by atoms with Gasteiger partial charge < -0.3 is 4.42 Å². The Hall–Kier alpha value is -2.26. The first-order valence-corrected chi connectivity index (χ1v) is 6.24. The molecule has 0 N–H and O–H groups in total. The Labute approximate surface area is 112 Å². The zero-order chi connectivity index (χ0) is 13.0. The van der Waals surface area contributed by atoms with Gasteiger partial charge >= 0.3 is 0 Å². The maximum Gasteiger partial charge on any atom is 0.265 e. The maximum absolute atomic E-state index is 12.5. The van der Waals surface area contributed by atoms with Crippen LogP contribution < -0.4 is 5.56 Å². The first-order chi connectivity index (χ1) is 9.24. The van der Waals surface area contributed by atoms with Crippen LogP contribution in [0.5, 0.6) is 0 Å². The minimum absolute atomic E-state index is 0.0888. The molecule has 3 nitrogen and oxygen atoms in total. The maximum atomic E-state index is 12.5. The van der Waals surface area contributed by atoms with Gasteiger partial charge in [-0.05, 0) is 29.7 Å². The monoisotopic (exact) mass is 269 g/mol. The van der Waals surface area contributed by atoms with Crippen LogP contribution in [0.25, 0.3) is 27.6 Å². The molecule has 0 radical (unpaired) electrons. The summed E-state index contributed by atoms with van der Waals surface area (Å²) in [5, 5.41) is 2.12. The second-order valence-corrected chi connectivity index (χ2v) is 4.86. The lowest BCUT2D eigenvalue weighted by atomic mass is 10.2. The average Bonchev–Trinajstić information content (AvgIpc) is 2.76. The van der Waals surface area contributed by atoms with Crippen LogP contribution in [-0.4, -0.2) is 4.40 Å². The highest BCUT2D eigenvalue weighted by molar-refractivity contribution is 6.31. The average molecular weight is 270 g/mol. The van der Waals surface area contributed by atoms with Gasteiger partial charge in [-0.3, -0.25) is 4.79 Å². The van der Waals surface area contributed by atoms with Gasteiger partial charge in [0.05, 0.1) is 5.52 Å². The first-order valence-electron chi connectivity index (χ1n) is 5.86. The van der Waals surface area contributed by atoms with Gasteiger partial charge in [0.1, 0.15) is 0 Å². The number of hydrogen-bond donors (Lipinski definition) is 0. The molecule has 0 aliphatic heterocycles. The molecule has 4 heteroatoms. The van der Waals surface area contributed by atoms with Gasteiger partial charge in [0, 0.05) is 16.5 Å². The quantitative estimate of drug-likeness (QED) is 0.486. The third-order valence-corrected chi connectivity index (χ3v) is 3.51. The summed E-state index contributed by atoms with van der Waals surface area (Å²) in [4.78, 5) is 12.5. The molecule has 0 saturated heterocycles. The van der Waals surface area contributed by atoms with Gasteiger partial charge in [0.2, 0.25) is 5.71 Å². The molecule has 0 unspecified atom stereocenters. The van der Waals surface area contributed by atoms with Crippen molar-refractivity contribution < 1.29 is 4.42 Å². The Kier molecular flexibility index (Phi) is 2.03. The molecule has 2 aromatic carbocycles. The van der Waals surface area contributed by atoms with Crippen molar-refractivity contribution in [2.24, 2.45) is 0 Å². The molecule has 0 aliphatic carbocycles. The summed E-state index contributed by atoms with van der Waals surface area (Å²) in [6.45, 7) is 0. The number of benzene rings is 2. The lowest BCUT2D eigenvalue weighted by molar-refractivity contribution is 0.653. The number of nitrogens with zero attached hydrogens (tertiary/aromatic N) is 1. The van der Waals surface area contributed by atoms with Gasteiger partial charge in [-0.15, -0.1) is 0 Å². The highest BCUT2D eigenvalue weighted by Gasteiger charge is 2.11. The molecular weight excluding hydrogens is 262 g/mol. The summed E-state index contributed by atoms with van der Waals surface area (Å²) in [5.74, 6) is 0. The molecule has 2 aromatic heterocycles. The zero-order valence-electron chi connectivity index (χ0n) is 9.76. The predicted octanol–water partition coefficient (Wildman–Crippen LogP) is 3.85. The summed E-state index contributed by atoms with van der Waals surface area (Å²) < 4.78 is 7.26. The van der Waals surface area contributed by atoms with Crippen molar-refractivity contribution in [1.29, 1.82) is 0 Å². The second-order valence-electron chi connectivity index (χ2n) is 4.42. The molecule has 0 spiro atoms. The van der Waals surface area contributed by atoms with E-state index in [1.165, 1.54) is 0 Å². The van der Waals surface area contributed by atoms with Crippen molar-refractivity contribution in [3.63, 3.8) is 0 Å². The van der Waals surface area contributed by atoms with E-state index in [0.717, 1.165) is 5.39 Å². The van der Waals surface area contributed by atoms with Gasteiger partial charge in [-0.1, -0.05) is 29.8 Å². The van der Waals surface area contributed by atoms with Crippen LogP contribution >= 0.6 is 11.6 Å². The van der Waals surface area contributed by atoms with Crippen LogP contribution in [-0.2, 0) is 0 Å². The van der Waals surface area contributed by atoms with Crippen LogP contribution in [0, 0.1) is 0 Å². The standard InChI is InChI=1S/C15H8ClNO2/c16-10-5-6-13-12(8-10)17-14(19-13)7-9-3-1-2-4-11(9)15(17)18/h1-8H. The van der Waals surface area contributed by atoms with Gasteiger partial charge in [0.15, 0.2) is 5.58 Å². The SMILES string of the molecule is O=c1c2ccccc2cc2oc3ccc(Cl)cc3n12. The summed E-state index contributed by atoms with van der Waals surface area (Å²) in [5.41, 5.74) is 1.78. The van der Waals surface area contributed by atoms with Gasteiger partial charge in [-0.25, -0.2) is 4.40 Å². The molecule has 4 aromatic rings. The Morgan fingerprint density at radius 3 is 2.79 bits per heavy atom. The van der Waals surface area contributed by atoms with E-state index in [9.17, 15) is 4.79 Å². The fourth-order valence-corrected chi connectivity index (χ4v) is 2.57. The molecule has 0 amide bonds. The summed E-state index contributed by atoms with van der Waals surface area (Å²) in [6, 6.07) is 14.6. The molecule has 2 heterocycles. The van der Waals surface area contributed by atoms with Crippen molar-refractivity contribution in [3.05, 3.63) is 63.9 Å². The number of halogens is 1. The van der Waals surface area contributed by atoms with E-state index in [-0.39, 0.29) is 5.56 Å². The molecule has 4 rings (SSSR count). The second kappa shape index (κ2) is 3.62. The molecule has 19 heavy (non-hydrogen) atoms. The zero-order valence-corrected chi connectivity index (χ0v) is 10.5. The lowest BCUT2D eigenvalue weighted by Crippen LogP contribution is -2.11. The van der Waals surface area contributed by atoms with Gasteiger partial charge in [-0.2, -0.15) is 0 Å². The number of hydrogen-bond acceptors (Lipinski definition) is 2. The van der Waals surface area contributed by atoms with Gasteiger partial charge in [0.25, 0.3) is 5.56 Å². The molecule has 92 valence electrons. The van der Waals surface area contributed by atoms with E-state index in [4.69, 9.17) is 16.0 Å². The van der Waals surface area contributed by atoms with Crippen molar-refractivity contribution in [1.82, 2.24) is 4.40 Å². The summed E-state index contributed by atoms with van der Waals surface area (Å²) >= 11 is 5.99. The summed E-state index contributed by atoms with van der Waals surface area (Å²) in [7, 11) is 0. The molecule has 0 aliphatic rings. The fourth-order valence-electron chi connectivity index (χ4n) is 2.40. The Morgan fingerprint density at radius 1 is 1.05 bits per heavy atom. The Morgan fingerprint density at radius 2 is 1.89 bits per heavy atom. The third-order valence-electron chi connectivity index (χ3n) is 3.27. The summed E-state index contributed by atoms with van der Waals surface area (Å²) in [6.07, 6.45) is 0. The van der Waals surface area contributed by atoms with E-state index in [2.05, 4.69) is 0 Å². The normalized spacial score (nSPS) is 11.6. The van der Waals surface area contributed by atoms with Crippen molar-refractivity contribution in [2.45, 2.75) is 0 Å². The molecule has 0 fully saturated rings. The van der Waals surface area contributed by atoms with Crippen molar-refractivity contribution >= 4 is 39.2 Å². The highest BCUT2D eigenvalue weighted by Crippen LogP contribution is 2.24. The number of pyridine rings is 1. The van der Waals surface area contributed by atoms with Crippen LogP contribution in [0.4, 0.5) is 0 Å². The molecular formula is C15H8ClNO2. The smallest absolute Gasteiger partial charge is 0.265 e. The van der Waals surface area contributed by atoms with E-state index >= 15 is 0 Å². The molecule has 0 atom stereocenters. The van der Waals surface area contributed by atoms with Crippen LogP contribution in [0.2, 0.25) is 5.02 Å².